The molecule has 3 aliphatic rings. The summed E-state index contributed by atoms with van der Waals surface area (Å²) in [5, 5.41) is 8.51. The Bertz CT molecular complexity index is 428. The molecule has 0 N–H and O–H groups in total. The Morgan fingerprint density at radius 1 is 1.35 bits per heavy atom. The molecule has 0 spiro atoms. The van der Waals surface area contributed by atoms with Crippen LogP contribution >= 0.6 is 0 Å². The fourth-order valence-electron chi connectivity index (χ4n) is 2.04. The van der Waals surface area contributed by atoms with Crippen LogP contribution in [0.3, 0.4) is 0 Å². The number of hydrogen-bond donors (Lipinski definition) is 0. The van der Waals surface area contributed by atoms with Gasteiger partial charge in [-0.3, -0.25) is 0 Å². The number of fused-ring (bicyclic) bond motifs is 1. The molecule has 1 heterocycles. The smallest absolute Gasteiger partial charge is 0.126 e. The first-order valence-corrected chi connectivity index (χ1v) is 6.01. The van der Waals surface area contributed by atoms with Crippen molar-refractivity contribution in [2.75, 3.05) is 27.2 Å². The highest BCUT2D eigenvalue weighted by molar-refractivity contribution is 5.87. The average molecular weight is 230 g/mol. The highest BCUT2D eigenvalue weighted by Crippen LogP contribution is 2.43. The highest BCUT2D eigenvalue weighted by atomic mass is 16.5. The molecular weight excluding hydrogens is 212 g/mol. The van der Waals surface area contributed by atoms with E-state index in [1.807, 2.05) is 6.07 Å². The minimum Gasteiger partial charge on any atom is -0.496 e. The second-order valence-electron chi connectivity index (χ2n) is 4.62. The third kappa shape index (κ3) is 2.98. The van der Waals surface area contributed by atoms with Crippen LogP contribution < -0.4 is 4.74 Å². The van der Waals surface area contributed by atoms with E-state index < -0.39 is 0 Å². The number of benzene rings is 1. The molecular formula is C14H18N2O. The maximum Gasteiger partial charge on any atom is 0.126 e. The minimum absolute atomic E-state index is 0.334. The van der Waals surface area contributed by atoms with E-state index in [0.717, 1.165) is 31.7 Å². The van der Waals surface area contributed by atoms with E-state index in [-0.39, 0.29) is 0 Å². The number of piperidine rings is 1. The summed E-state index contributed by atoms with van der Waals surface area (Å²) >= 11 is 0. The molecule has 3 rings (SSSR count). The van der Waals surface area contributed by atoms with E-state index >= 15 is 0 Å². The lowest BCUT2D eigenvalue weighted by atomic mass is 9.99. The summed E-state index contributed by atoms with van der Waals surface area (Å²) in [6, 6.07) is 8.46. The first-order valence-electron chi connectivity index (χ1n) is 6.01. The van der Waals surface area contributed by atoms with E-state index in [1.54, 1.807) is 7.11 Å². The van der Waals surface area contributed by atoms with Gasteiger partial charge in [0, 0.05) is 11.5 Å². The zero-order valence-corrected chi connectivity index (χ0v) is 10.4. The van der Waals surface area contributed by atoms with Crippen LogP contribution in [0.1, 0.15) is 12.8 Å². The Balaban J connectivity index is 0.000000127. The molecule has 0 amide bonds. The van der Waals surface area contributed by atoms with Crippen molar-refractivity contribution in [3.8, 4) is 22.9 Å². The SMILES string of the molecule is CN1CCC(C#N)CC1.COc1ccc2cc1-2. The zero-order chi connectivity index (χ0) is 12.3. The standard InChI is InChI=1S/C7H12N2.C7H6O/c1-9-4-2-7(6-8)3-5-9;1-8-7-3-2-5-4-6(5)7/h7H,2-5H2,1H3;2-4H,1H3. The number of rotatable bonds is 1. The predicted octanol–water partition coefficient (Wildman–Crippen LogP) is 2.53. The second-order valence-corrected chi connectivity index (χ2v) is 4.62. The van der Waals surface area contributed by atoms with E-state index in [0.29, 0.717) is 5.92 Å². The fraction of sp³-hybridized carbons (Fsp3) is 0.500. The van der Waals surface area contributed by atoms with Gasteiger partial charge in [0.1, 0.15) is 5.75 Å². The van der Waals surface area contributed by atoms with Crippen molar-refractivity contribution in [1.82, 2.24) is 4.90 Å². The van der Waals surface area contributed by atoms with Crippen LogP contribution in [0.4, 0.5) is 0 Å². The van der Waals surface area contributed by atoms with Crippen molar-refractivity contribution < 1.29 is 4.74 Å². The number of nitrogens with zero attached hydrogens (tertiary/aromatic N) is 2. The molecule has 0 saturated carbocycles. The third-order valence-electron chi connectivity index (χ3n) is 3.33. The maximum atomic E-state index is 8.51. The lowest BCUT2D eigenvalue weighted by molar-refractivity contribution is 0.247. The van der Waals surface area contributed by atoms with E-state index in [4.69, 9.17) is 10.00 Å². The second kappa shape index (κ2) is 5.20. The summed E-state index contributed by atoms with van der Waals surface area (Å²) in [4.78, 5) is 2.27. The van der Waals surface area contributed by atoms with Gasteiger partial charge in [0.2, 0.25) is 0 Å². The Labute approximate surface area is 103 Å². The van der Waals surface area contributed by atoms with Gasteiger partial charge in [-0.05, 0) is 50.7 Å². The largest absolute Gasteiger partial charge is 0.496 e. The van der Waals surface area contributed by atoms with Crippen LogP contribution in [0, 0.1) is 17.2 Å². The molecule has 0 aromatic rings. The molecule has 1 saturated heterocycles. The van der Waals surface area contributed by atoms with Crippen LogP contribution in [0.5, 0.6) is 5.75 Å². The molecule has 0 bridgehead atoms. The molecule has 0 aromatic carbocycles. The number of ether oxygens (including phenoxy) is 1. The van der Waals surface area contributed by atoms with Crippen molar-refractivity contribution >= 4 is 0 Å². The highest BCUT2D eigenvalue weighted by Gasteiger charge is 2.16. The molecule has 0 aromatic heterocycles. The Morgan fingerprint density at radius 3 is 2.41 bits per heavy atom. The fourth-order valence-corrected chi connectivity index (χ4v) is 2.04. The zero-order valence-electron chi connectivity index (χ0n) is 10.4. The molecule has 0 atom stereocenters. The van der Waals surface area contributed by atoms with Crippen molar-refractivity contribution in [3.63, 3.8) is 0 Å². The topological polar surface area (TPSA) is 36.3 Å². The Morgan fingerprint density at radius 2 is 2.06 bits per heavy atom. The summed E-state index contributed by atoms with van der Waals surface area (Å²) in [7, 11) is 3.80. The van der Waals surface area contributed by atoms with Crippen LogP contribution in [-0.2, 0) is 0 Å². The summed E-state index contributed by atoms with van der Waals surface area (Å²) in [6.45, 7) is 2.19. The lowest BCUT2D eigenvalue weighted by Gasteiger charge is -2.24. The third-order valence-corrected chi connectivity index (χ3v) is 3.33. The first-order chi connectivity index (χ1) is 8.24. The summed E-state index contributed by atoms with van der Waals surface area (Å²) in [5.74, 6) is 1.35. The van der Waals surface area contributed by atoms with Gasteiger partial charge in [0.25, 0.3) is 0 Å². The lowest BCUT2D eigenvalue weighted by Crippen LogP contribution is -2.29. The van der Waals surface area contributed by atoms with Gasteiger partial charge in [-0.2, -0.15) is 5.26 Å². The quantitative estimate of drug-likeness (QED) is 0.755. The number of hydrogen-bond acceptors (Lipinski definition) is 3. The Kier molecular flexibility index (Phi) is 3.65. The molecule has 90 valence electrons. The van der Waals surface area contributed by atoms with Gasteiger partial charge >= 0.3 is 0 Å². The molecule has 3 heteroatoms. The summed E-state index contributed by atoms with van der Waals surface area (Å²) in [5.41, 5.74) is 2.62. The monoisotopic (exact) mass is 230 g/mol. The van der Waals surface area contributed by atoms with Gasteiger partial charge in [-0.1, -0.05) is 6.07 Å². The van der Waals surface area contributed by atoms with Gasteiger partial charge in [-0.25, -0.2) is 0 Å². The van der Waals surface area contributed by atoms with E-state index in [1.165, 1.54) is 11.1 Å². The number of methoxy groups -OCH3 is 1. The van der Waals surface area contributed by atoms with Gasteiger partial charge < -0.3 is 9.64 Å². The summed E-state index contributed by atoms with van der Waals surface area (Å²) in [6.07, 6.45) is 2.12. The van der Waals surface area contributed by atoms with Crippen molar-refractivity contribution in [2.24, 2.45) is 5.92 Å². The van der Waals surface area contributed by atoms with Gasteiger partial charge in [-0.15, -0.1) is 0 Å². The molecule has 3 nitrogen and oxygen atoms in total. The van der Waals surface area contributed by atoms with Gasteiger partial charge in [0.15, 0.2) is 0 Å². The molecule has 2 aliphatic carbocycles. The Hall–Kier alpha value is -1.53. The van der Waals surface area contributed by atoms with Crippen LogP contribution in [0.2, 0.25) is 0 Å². The molecule has 1 aliphatic heterocycles. The number of likely N-dealkylation sites (tertiary alicyclic amines) is 1. The average Bonchev–Trinajstić information content (AvgIpc) is 3.03. The van der Waals surface area contributed by atoms with Crippen LogP contribution in [0.15, 0.2) is 18.2 Å². The van der Waals surface area contributed by atoms with E-state index in [9.17, 15) is 0 Å². The molecule has 0 radical (unpaired) electrons. The number of nitriles is 1. The predicted molar refractivity (Wildman–Crippen MR) is 67.8 cm³/mol. The van der Waals surface area contributed by atoms with Crippen molar-refractivity contribution in [2.45, 2.75) is 12.8 Å². The molecule has 1 fully saturated rings. The normalized spacial score (nSPS) is 17.7. The maximum absolute atomic E-state index is 8.51. The minimum atomic E-state index is 0.334. The van der Waals surface area contributed by atoms with Crippen LogP contribution in [0.25, 0.3) is 11.1 Å². The van der Waals surface area contributed by atoms with Crippen LogP contribution in [-0.4, -0.2) is 32.1 Å². The molecule has 0 unspecified atom stereocenters. The molecule has 17 heavy (non-hydrogen) atoms. The first kappa shape index (κ1) is 11.9. The van der Waals surface area contributed by atoms with Crippen molar-refractivity contribution in [3.05, 3.63) is 18.2 Å². The van der Waals surface area contributed by atoms with Crippen molar-refractivity contribution in [1.29, 1.82) is 5.26 Å². The van der Waals surface area contributed by atoms with Gasteiger partial charge in [0.05, 0.1) is 13.2 Å². The van der Waals surface area contributed by atoms with E-state index in [2.05, 4.69) is 30.1 Å². The summed E-state index contributed by atoms with van der Waals surface area (Å²) < 4.78 is 5.01.